The van der Waals surface area contributed by atoms with Crippen molar-refractivity contribution in [2.75, 3.05) is 31.1 Å². The first kappa shape index (κ1) is 36.1. The van der Waals surface area contributed by atoms with Gasteiger partial charge in [-0.05, 0) is 75.5 Å². The lowest BCUT2D eigenvalue weighted by molar-refractivity contribution is 0.0547. The van der Waals surface area contributed by atoms with E-state index in [9.17, 15) is 13.2 Å². The van der Waals surface area contributed by atoms with Gasteiger partial charge in [0.1, 0.15) is 22.9 Å². The normalized spacial score (nSPS) is 17.6. The third-order valence-electron chi connectivity index (χ3n) is 9.86. The molecule has 6 rings (SSSR count). The Bertz CT molecular complexity index is 1980. The van der Waals surface area contributed by atoms with Crippen molar-refractivity contribution < 1.29 is 27.1 Å². The van der Waals surface area contributed by atoms with Gasteiger partial charge in [-0.25, -0.2) is 17.8 Å². The lowest BCUT2D eigenvalue weighted by atomic mass is 10.1. The van der Waals surface area contributed by atoms with Crippen LogP contribution in [0.5, 0.6) is 5.88 Å². The highest BCUT2D eigenvalue weighted by Crippen LogP contribution is 2.43. The highest BCUT2D eigenvalue weighted by molar-refractivity contribution is 7.89. The number of carbonyl (C=O) groups excluding carboxylic acids is 1. The molecule has 12 heteroatoms. The van der Waals surface area contributed by atoms with Gasteiger partial charge in [0.2, 0.25) is 15.9 Å². The molecule has 10 nitrogen and oxygen atoms in total. The van der Waals surface area contributed by atoms with Gasteiger partial charge in [0.15, 0.2) is 8.32 Å². The number of pyridine rings is 1. The zero-order valence-electron chi connectivity index (χ0n) is 30.5. The molecular weight excluding hydrogens is 669 g/mol. The van der Waals surface area contributed by atoms with Gasteiger partial charge in [-0.3, -0.25) is 0 Å². The number of aromatic nitrogens is 2. The van der Waals surface area contributed by atoms with E-state index < -0.39 is 30.0 Å². The van der Waals surface area contributed by atoms with E-state index in [1.807, 2.05) is 81.4 Å². The van der Waals surface area contributed by atoms with Gasteiger partial charge in [-0.15, -0.1) is 0 Å². The molecule has 2 aliphatic rings. The van der Waals surface area contributed by atoms with E-state index in [4.69, 9.17) is 18.9 Å². The fraction of sp³-hybridized carbons (Fsp3) is 0.474. The molecule has 268 valence electrons. The van der Waals surface area contributed by atoms with Crippen molar-refractivity contribution in [2.24, 2.45) is 0 Å². The maximum absolute atomic E-state index is 14.2. The smallest absolute Gasteiger partial charge is 0.419 e. The molecule has 50 heavy (non-hydrogen) atoms. The van der Waals surface area contributed by atoms with Crippen LogP contribution in [0, 0.1) is 0 Å². The van der Waals surface area contributed by atoms with Crippen molar-refractivity contribution in [3.8, 4) is 17.1 Å². The Kier molecular flexibility index (Phi) is 9.70. The number of benzene rings is 2. The number of carbonyl (C=O) groups is 1. The summed E-state index contributed by atoms with van der Waals surface area (Å²) < 4.78 is 50.5. The van der Waals surface area contributed by atoms with E-state index in [2.05, 4.69) is 38.8 Å². The highest BCUT2D eigenvalue weighted by atomic mass is 32.2. The summed E-state index contributed by atoms with van der Waals surface area (Å²) in [7, 11) is -6.04. The number of ether oxygens (including phenoxy) is 2. The Hall–Kier alpha value is -3.71. The van der Waals surface area contributed by atoms with E-state index in [-0.39, 0.29) is 28.5 Å². The van der Waals surface area contributed by atoms with Crippen LogP contribution < -0.4 is 9.64 Å². The Balaban J connectivity index is 1.54. The van der Waals surface area contributed by atoms with Crippen molar-refractivity contribution in [3.63, 3.8) is 0 Å². The first-order chi connectivity index (χ1) is 23.4. The molecular formula is C38H50N4O6SSi. The van der Waals surface area contributed by atoms with Crippen molar-refractivity contribution in [3.05, 3.63) is 72.3 Å². The van der Waals surface area contributed by atoms with Crippen molar-refractivity contribution in [1.82, 2.24) is 13.9 Å². The summed E-state index contributed by atoms with van der Waals surface area (Å²) >= 11 is 0. The summed E-state index contributed by atoms with van der Waals surface area (Å²) in [6.07, 6.45) is 0.988. The molecule has 2 aromatic heterocycles. The SMILES string of the molecule is CC(C)(C)OC(=O)n1c(-c2cc(S(=O)(=O)N3CCC3)c(OCc3ccccc3)nc2N2CCC(O[Si](C)(C)C(C)(C)C)C2)cc2ccccc21. The molecule has 4 aromatic rings. The Morgan fingerprint density at radius 2 is 1.62 bits per heavy atom. The Morgan fingerprint density at radius 3 is 2.26 bits per heavy atom. The van der Waals surface area contributed by atoms with Crippen LogP contribution in [0.4, 0.5) is 10.6 Å². The van der Waals surface area contributed by atoms with E-state index in [0.717, 1.165) is 23.8 Å². The molecule has 0 radical (unpaired) electrons. The zero-order valence-corrected chi connectivity index (χ0v) is 32.3. The molecule has 0 N–H and O–H groups in total. The number of nitrogens with zero attached hydrogens (tertiary/aromatic N) is 4. The van der Waals surface area contributed by atoms with E-state index in [1.54, 1.807) is 6.07 Å². The van der Waals surface area contributed by atoms with E-state index in [1.165, 1.54) is 8.87 Å². The molecule has 0 spiro atoms. The first-order valence-corrected chi connectivity index (χ1v) is 21.8. The van der Waals surface area contributed by atoms with Crippen LogP contribution in [-0.2, 0) is 25.8 Å². The van der Waals surface area contributed by atoms with Crippen molar-refractivity contribution in [1.29, 1.82) is 0 Å². The lowest BCUT2D eigenvalue weighted by Crippen LogP contribution is -2.44. The third kappa shape index (κ3) is 7.35. The van der Waals surface area contributed by atoms with Crippen LogP contribution in [0.2, 0.25) is 18.1 Å². The molecule has 1 unspecified atom stereocenters. The molecule has 4 heterocycles. The molecule has 2 aliphatic heterocycles. The topological polar surface area (TPSA) is 103 Å². The minimum absolute atomic E-state index is 0.0267. The van der Waals surface area contributed by atoms with Crippen LogP contribution in [0.25, 0.3) is 22.2 Å². The summed E-state index contributed by atoms with van der Waals surface area (Å²) in [4.78, 5) is 21.2. The van der Waals surface area contributed by atoms with Crippen LogP contribution in [0.15, 0.2) is 71.6 Å². The average Bonchev–Trinajstić information content (AvgIpc) is 3.62. The average molecular weight is 719 g/mol. The molecule has 0 saturated carbocycles. The molecule has 2 aromatic carbocycles. The summed E-state index contributed by atoms with van der Waals surface area (Å²) in [5.41, 5.74) is 1.78. The van der Waals surface area contributed by atoms with Gasteiger partial charge in [-0.1, -0.05) is 69.3 Å². The van der Waals surface area contributed by atoms with E-state index >= 15 is 0 Å². The van der Waals surface area contributed by atoms with Crippen LogP contribution in [-0.4, -0.2) is 74.6 Å². The van der Waals surface area contributed by atoms with Crippen LogP contribution in [0.1, 0.15) is 59.9 Å². The van der Waals surface area contributed by atoms with Gasteiger partial charge >= 0.3 is 6.09 Å². The molecule has 2 saturated heterocycles. The summed E-state index contributed by atoms with van der Waals surface area (Å²) in [6, 6.07) is 20.8. The van der Waals surface area contributed by atoms with Gasteiger partial charge in [0.05, 0.1) is 17.3 Å². The molecule has 1 atom stereocenters. The summed E-state index contributed by atoms with van der Waals surface area (Å²) in [5, 5.41) is 0.861. The second-order valence-corrected chi connectivity index (χ2v) is 22.5. The summed E-state index contributed by atoms with van der Waals surface area (Å²) in [5.74, 6) is 0.567. The number of sulfonamides is 1. The maximum atomic E-state index is 14.2. The second-order valence-electron chi connectivity index (χ2n) is 15.8. The van der Waals surface area contributed by atoms with Crippen LogP contribution in [0.3, 0.4) is 0 Å². The fourth-order valence-corrected chi connectivity index (χ4v) is 9.04. The number of hydrogen-bond donors (Lipinski definition) is 0. The monoisotopic (exact) mass is 718 g/mol. The number of fused-ring (bicyclic) bond motifs is 1. The minimum Gasteiger partial charge on any atom is -0.472 e. The predicted octanol–water partition coefficient (Wildman–Crippen LogP) is 8.06. The highest BCUT2D eigenvalue weighted by Gasteiger charge is 2.42. The van der Waals surface area contributed by atoms with Gasteiger partial charge in [0.25, 0.3) is 0 Å². The first-order valence-electron chi connectivity index (χ1n) is 17.4. The standard InChI is InChI=1S/C38H50N4O6SSi/c1-37(2,3)47-36(43)42-31-18-13-12-17-28(31)23-32(42)30-24-33(49(44,45)41-20-14-21-41)35(46-26-27-15-10-9-11-16-27)39-34(30)40-22-19-29(25-40)48-50(7,8)38(4,5)6/h9-13,15-18,23-24,29H,14,19-22,25-26H2,1-8H3. The predicted molar refractivity (Wildman–Crippen MR) is 200 cm³/mol. The second kappa shape index (κ2) is 13.4. The van der Waals surface area contributed by atoms with Crippen molar-refractivity contribution in [2.45, 2.75) is 95.7 Å². The maximum Gasteiger partial charge on any atom is 0.419 e. The third-order valence-corrected chi connectivity index (χ3v) is 16.3. The Labute approximate surface area is 297 Å². The molecule has 2 fully saturated rings. The van der Waals surface area contributed by atoms with Gasteiger partial charge in [0, 0.05) is 37.1 Å². The quantitative estimate of drug-likeness (QED) is 0.160. The van der Waals surface area contributed by atoms with Gasteiger partial charge < -0.3 is 18.8 Å². The number of hydrogen-bond acceptors (Lipinski definition) is 8. The van der Waals surface area contributed by atoms with Crippen LogP contribution >= 0.6 is 0 Å². The Morgan fingerprint density at radius 1 is 0.940 bits per heavy atom. The van der Waals surface area contributed by atoms with E-state index in [0.29, 0.717) is 48.8 Å². The number of para-hydroxylation sites is 1. The fourth-order valence-electron chi connectivity index (χ4n) is 6.05. The van der Waals surface area contributed by atoms with Gasteiger partial charge in [-0.2, -0.15) is 9.29 Å². The number of rotatable bonds is 9. The molecule has 0 amide bonds. The lowest BCUT2D eigenvalue weighted by Gasteiger charge is -2.38. The largest absolute Gasteiger partial charge is 0.472 e. The number of anilines is 1. The summed E-state index contributed by atoms with van der Waals surface area (Å²) in [6.45, 7) is 18.9. The zero-order chi connectivity index (χ0) is 36.1. The van der Waals surface area contributed by atoms with Crippen molar-refractivity contribution >= 4 is 41.2 Å². The minimum atomic E-state index is -3.97. The molecule has 0 aliphatic carbocycles. The molecule has 0 bridgehead atoms.